The molecule has 0 aromatic heterocycles. The first kappa shape index (κ1) is 8.93. The summed E-state index contributed by atoms with van der Waals surface area (Å²) in [6.07, 6.45) is 0. The molecule has 0 N–H and O–H groups in total. The molecule has 0 heterocycles. The molecule has 0 aliphatic heterocycles. The fourth-order valence-electron chi connectivity index (χ4n) is 0.861. The number of diazo groups is 1. The largest absolute Gasteiger partial charge is 0.496 e. The molecule has 1 aromatic rings. The van der Waals surface area contributed by atoms with Crippen LogP contribution in [0.3, 0.4) is 0 Å². The Morgan fingerprint density at radius 3 is 2.77 bits per heavy atom. The van der Waals surface area contributed by atoms with Crippen molar-refractivity contribution in [2.75, 3.05) is 7.11 Å². The monoisotopic (exact) mass is 180 g/mol. The number of hydrogen-bond donors (Lipinski definition) is 0. The molecular weight excluding hydrogens is 174 g/mol. The van der Waals surface area contributed by atoms with Gasteiger partial charge in [0, 0.05) is 6.07 Å². The summed E-state index contributed by atoms with van der Waals surface area (Å²) in [6, 6.07) is 3.97. The van der Waals surface area contributed by atoms with E-state index < -0.39 is 4.92 Å². The first-order valence-electron chi connectivity index (χ1n) is 3.36. The molecule has 0 saturated heterocycles. The second-order valence-corrected chi connectivity index (χ2v) is 2.21. The summed E-state index contributed by atoms with van der Waals surface area (Å²) in [5.41, 5.74) is -0.382. The average molecular weight is 180 g/mol. The van der Waals surface area contributed by atoms with Crippen LogP contribution in [-0.2, 0) is 0 Å². The summed E-state index contributed by atoms with van der Waals surface area (Å²) < 4.78 is 4.78. The van der Waals surface area contributed by atoms with Crippen molar-refractivity contribution in [3.05, 3.63) is 33.3 Å². The maximum absolute atomic E-state index is 10.4. The van der Waals surface area contributed by atoms with Gasteiger partial charge in [0.1, 0.15) is 5.75 Å². The van der Waals surface area contributed by atoms with Gasteiger partial charge in [0.05, 0.1) is 18.1 Å². The van der Waals surface area contributed by atoms with Crippen LogP contribution in [0.2, 0.25) is 0 Å². The Hall–Kier alpha value is -2.16. The van der Waals surface area contributed by atoms with Crippen LogP contribution in [0.25, 0.3) is 4.98 Å². The summed E-state index contributed by atoms with van der Waals surface area (Å²) in [7, 11) is 1.40. The Labute approximate surface area is 73.5 Å². The van der Waals surface area contributed by atoms with Crippen molar-refractivity contribution in [2.24, 2.45) is 0 Å². The maximum atomic E-state index is 10.4. The van der Waals surface area contributed by atoms with Crippen molar-refractivity contribution in [3.63, 3.8) is 0 Å². The lowest BCUT2D eigenvalue weighted by Crippen LogP contribution is -1.89. The van der Waals surface area contributed by atoms with E-state index in [0.29, 0.717) is 5.75 Å². The molecule has 0 saturated carbocycles. The zero-order chi connectivity index (χ0) is 9.84. The Kier molecular flexibility index (Phi) is 2.40. The highest BCUT2D eigenvalue weighted by atomic mass is 16.6. The number of rotatable bonds is 2. The van der Waals surface area contributed by atoms with Crippen LogP contribution in [0, 0.1) is 15.5 Å². The fourth-order valence-corrected chi connectivity index (χ4v) is 0.861. The van der Waals surface area contributed by atoms with Crippen LogP contribution in [-0.4, -0.2) is 12.0 Å². The quantitative estimate of drug-likeness (QED) is 0.396. The summed E-state index contributed by atoms with van der Waals surface area (Å²) in [6.45, 7) is 0. The predicted molar refractivity (Wildman–Crippen MR) is 44.4 cm³/mol. The van der Waals surface area contributed by atoms with E-state index in [1.165, 1.54) is 25.3 Å². The Balaban J connectivity index is 3.28. The first-order chi connectivity index (χ1) is 6.19. The smallest absolute Gasteiger partial charge is 0.461 e. The third-order valence-electron chi connectivity index (χ3n) is 1.49. The van der Waals surface area contributed by atoms with Gasteiger partial charge in [-0.1, -0.05) is 0 Å². The number of nitro groups is 1. The molecule has 66 valence electrons. The second-order valence-electron chi connectivity index (χ2n) is 2.21. The maximum Gasteiger partial charge on any atom is 0.461 e. The average Bonchev–Trinajstić information content (AvgIpc) is 2.16. The van der Waals surface area contributed by atoms with E-state index in [1.807, 2.05) is 0 Å². The summed E-state index contributed by atoms with van der Waals surface area (Å²) in [4.78, 5) is 12.6. The molecule has 0 atom stereocenters. The zero-order valence-corrected chi connectivity index (χ0v) is 6.80. The number of nitro benzene ring substituents is 1. The van der Waals surface area contributed by atoms with E-state index in [4.69, 9.17) is 10.1 Å². The van der Waals surface area contributed by atoms with Gasteiger partial charge in [0.15, 0.2) is 4.98 Å². The van der Waals surface area contributed by atoms with Crippen molar-refractivity contribution < 1.29 is 9.66 Å². The number of methoxy groups -OCH3 is 1. The minimum atomic E-state index is -0.641. The highest BCUT2D eigenvalue weighted by Crippen LogP contribution is 2.30. The number of hydrogen-bond acceptors (Lipinski definition) is 4. The molecule has 0 aliphatic carbocycles. The number of benzene rings is 1. The van der Waals surface area contributed by atoms with E-state index in [2.05, 4.69) is 4.98 Å². The van der Waals surface area contributed by atoms with Gasteiger partial charge < -0.3 is 4.74 Å². The SMILES string of the molecule is COc1ccc([N+]#N)c([N+](=O)[O-])c1. The molecule has 0 bridgehead atoms. The molecule has 1 aromatic carbocycles. The van der Waals surface area contributed by atoms with E-state index in [9.17, 15) is 10.1 Å². The fraction of sp³-hybridized carbons (Fsp3) is 0.143. The molecule has 13 heavy (non-hydrogen) atoms. The van der Waals surface area contributed by atoms with Gasteiger partial charge in [-0.2, -0.15) is 0 Å². The molecule has 6 nitrogen and oxygen atoms in total. The van der Waals surface area contributed by atoms with Crippen molar-refractivity contribution in [2.45, 2.75) is 0 Å². The Bertz CT molecular complexity index is 383. The lowest BCUT2D eigenvalue weighted by molar-refractivity contribution is -0.383. The van der Waals surface area contributed by atoms with Gasteiger partial charge in [-0.15, -0.1) is 0 Å². The number of nitrogens with zero attached hydrogens (tertiary/aromatic N) is 3. The van der Waals surface area contributed by atoms with Gasteiger partial charge in [0.2, 0.25) is 5.39 Å². The minimum absolute atomic E-state index is 0.0919. The van der Waals surface area contributed by atoms with Gasteiger partial charge >= 0.3 is 11.4 Å². The molecular formula is C7H6N3O3+. The molecule has 0 spiro atoms. The van der Waals surface area contributed by atoms with Crippen LogP contribution >= 0.6 is 0 Å². The van der Waals surface area contributed by atoms with Gasteiger partial charge in [-0.25, -0.2) is 0 Å². The zero-order valence-electron chi connectivity index (χ0n) is 6.80. The van der Waals surface area contributed by atoms with Crippen LogP contribution in [0.1, 0.15) is 0 Å². The van der Waals surface area contributed by atoms with E-state index in [0.717, 1.165) is 0 Å². The lowest BCUT2D eigenvalue weighted by Gasteiger charge is -1.95. The lowest BCUT2D eigenvalue weighted by atomic mass is 10.2. The van der Waals surface area contributed by atoms with E-state index in [1.54, 1.807) is 0 Å². The van der Waals surface area contributed by atoms with Crippen molar-refractivity contribution in [1.82, 2.24) is 0 Å². The van der Waals surface area contributed by atoms with Crippen molar-refractivity contribution in [3.8, 4) is 5.75 Å². The van der Waals surface area contributed by atoms with E-state index in [-0.39, 0.29) is 11.4 Å². The Morgan fingerprint density at radius 1 is 1.62 bits per heavy atom. The van der Waals surface area contributed by atoms with Crippen LogP contribution in [0.15, 0.2) is 18.2 Å². The second kappa shape index (κ2) is 3.49. The molecule has 0 radical (unpaired) electrons. The first-order valence-corrected chi connectivity index (χ1v) is 3.36. The van der Waals surface area contributed by atoms with Crippen molar-refractivity contribution >= 4 is 11.4 Å². The van der Waals surface area contributed by atoms with Crippen molar-refractivity contribution in [1.29, 1.82) is 5.39 Å². The van der Waals surface area contributed by atoms with E-state index >= 15 is 0 Å². The minimum Gasteiger partial charge on any atom is -0.496 e. The highest BCUT2D eigenvalue weighted by molar-refractivity contribution is 5.64. The number of ether oxygens (including phenoxy) is 1. The molecule has 0 aliphatic rings. The third-order valence-corrected chi connectivity index (χ3v) is 1.49. The van der Waals surface area contributed by atoms with Gasteiger partial charge in [-0.3, -0.25) is 10.1 Å². The van der Waals surface area contributed by atoms with Gasteiger partial charge in [0.25, 0.3) is 0 Å². The molecule has 0 amide bonds. The predicted octanol–water partition coefficient (Wildman–Crippen LogP) is 2.09. The molecule has 1 rings (SSSR count). The summed E-state index contributed by atoms with van der Waals surface area (Å²) in [5.74, 6) is 0.346. The molecule has 0 fully saturated rings. The standard InChI is InChI=1S/C7H6N3O3/c1-13-5-2-3-6(9-8)7(4-5)10(11)12/h2-4H,1H3/q+1. The third kappa shape index (κ3) is 1.70. The topological polar surface area (TPSA) is 80.5 Å². The normalized spacial score (nSPS) is 8.92. The molecule has 0 unspecified atom stereocenters. The summed E-state index contributed by atoms with van der Waals surface area (Å²) >= 11 is 0. The highest BCUT2D eigenvalue weighted by Gasteiger charge is 2.24. The summed E-state index contributed by atoms with van der Waals surface area (Å²) in [5, 5.41) is 18.8. The van der Waals surface area contributed by atoms with Gasteiger partial charge in [-0.05, 0) is 6.07 Å². The Morgan fingerprint density at radius 2 is 2.31 bits per heavy atom. The molecule has 6 heteroatoms. The van der Waals surface area contributed by atoms with Crippen LogP contribution in [0.5, 0.6) is 5.75 Å². The van der Waals surface area contributed by atoms with Crippen LogP contribution in [0.4, 0.5) is 11.4 Å². The van der Waals surface area contributed by atoms with Crippen LogP contribution < -0.4 is 4.74 Å².